The number of anilines is 2. The summed E-state index contributed by atoms with van der Waals surface area (Å²) in [5, 5.41) is 2.72. The second-order valence-corrected chi connectivity index (χ2v) is 7.08. The number of nitrogens with one attached hydrogen (secondary N) is 1. The fourth-order valence-corrected chi connectivity index (χ4v) is 3.40. The highest BCUT2D eigenvalue weighted by atomic mass is 16.5. The van der Waals surface area contributed by atoms with Crippen molar-refractivity contribution in [1.82, 2.24) is 4.90 Å². The zero-order valence-electron chi connectivity index (χ0n) is 16.6. The number of ether oxygens (including phenoxy) is 1. The van der Waals surface area contributed by atoms with E-state index in [0.29, 0.717) is 13.0 Å². The van der Waals surface area contributed by atoms with Gasteiger partial charge in [-0.25, -0.2) is 0 Å². The number of fused-ring (bicyclic) bond motifs is 1. The van der Waals surface area contributed by atoms with Crippen molar-refractivity contribution in [2.75, 3.05) is 36.9 Å². The fourth-order valence-electron chi connectivity index (χ4n) is 3.40. The van der Waals surface area contributed by atoms with Crippen LogP contribution in [-0.4, -0.2) is 49.5 Å². The molecule has 3 rings (SSSR count). The molecule has 0 saturated heterocycles. The zero-order chi connectivity index (χ0) is 20.1. The van der Waals surface area contributed by atoms with Crippen LogP contribution < -0.4 is 15.0 Å². The van der Waals surface area contributed by atoms with Crippen LogP contribution in [-0.2, 0) is 16.0 Å². The van der Waals surface area contributed by atoms with Crippen molar-refractivity contribution in [2.24, 2.45) is 0 Å². The number of nitrogens with zero attached hydrogens (tertiary/aromatic N) is 2. The van der Waals surface area contributed by atoms with E-state index in [-0.39, 0.29) is 17.9 Å². The van der Waals surface area contributed by atoms with E-state index < -0.39 is 0 Å². The lowest BCUT2D eigenvalue weighted by atomic mass is 10.1. The number of carbonyl (C=O) groups excluding carboxylic acids is 2. The molecular formula is C22H27N3O3. The molecule has 6 nitrogen and oxygen atoms in total. The van der Waals surface area contributed by atoms with E-state index in [9.17, 15) is 9.59 Å². The standard InChI is InChI=1S/C22H27N3O3/c1-4-25-15-19(28-21-8-6-5-7-20(21)25)14-24(3)22(27)13-17-9-11-18(12-10-17)23-16(2)26/h5-12,19H,4,13-15H2,1-3H3,(H,23,26)/t19-/m0/s1. The van der Waals surface area contributed by atoms with Crippen LogP contribution >= 0.6 is 0 Å². The minimum Gasteiger partial charge on any atom is -0.485 e. The molecule has 0 aliphatic carbocycles. The maximum absolute atomic E-state index is 12.6. The van der Waals surface area contributed by atoms with Crippen molar-refractivity contribution < 1.29 is 14.3 Å². The highest BCUT2D eigenvalue weighted by Gasteiger charge is 2.26. The molecule has 28 heavy (non-hydrogen) atoms. The van der Waals surface area contributed by atoms with Gasteiger partial charge in [-0.3, -0.25) is 9.59 Å². The van der Waals surface area contributed by atoms with Gasteiger partial charge in [0.1, 0.15) is 11.9 Å². The summed E-state index contributed by atoms with van der Waals surface area (Å²) in [6.07, 6.45) is 0.253. The maximum Gasteiger partial charge on any atom is 0.226 e. The summed E-state index contributed by atoms with van der Waals surface area (Å²) in [4.78, 5) is 27.7. The van der Waals surface area contributed by atoms with Gasteiger partial charge in [-0.05, 0) is 36.8 Å². The van der Waals surface area contributed by atoms with Crippen molar-refractivity contribution in [2.45, 2.75) is 26.4 Å². The Labute approximate surface area is 166 Å². The van der Waals surface area contributed by atoms with Crippen LogP contribution in [0, 0.1) is 0 Å². The third-order valence-electron chi connectivity index (χ3n) is 4.84. The topological polar surface area (TPSA) is 61.9 Å². The summed E-state index contributed by atoms with van der Waals surface area (Å²) in [5.41, 5.74) is 2.75. The highest BCUT2D eigenvalue weighted by molar-refractivity contribution is 5.88. The molecule has 1 aliphatic heterocycles. The summed E-state index contributed by atoms with van der Waals surface area (Å²) in [6.45, 7) is 5.79. The van der Waals surface area contributed by atoms with Gasteiger partial charge in [0, 0.05) is 26.2 Å². The molecule has 2 aromatic carbocycles. The molecule has 2 aromatic rings. The maximum atomic E-state index is 12.6. The van der Waals surface area contributed by atoms with Crippen LogP contribution in [0.1, 0.15) is 19.4 Å². The van der Waals surface area contributed by atoms with Crippen LogP contribution in [0.25, 0.3) is 0 Å². The Balaban J connectivity index is 1.58. The third kappa shape index (κ3) is 4.82. The van der Waals surface area contributed by atoms with E-state index in [1.54, 1.807) is 4.90 Å². The van der Waals surface area contributed by atoms with Gasteiger partial charge in [0.05, 0.1) is 25.2 Å². The Morgan fingerprint density at radius 3 is 2.57 bits per heavy atom. The van der Waals surface area contributed by atoms with Gasteiger partial charge < -0.3 is 19.9 Å². The molecule has 0 bridgehead atoms. The number of amides is 2. The Bertz CT molecular complexity index is 835. The Hall–Kier alpha value is -3.02. The molecule has 1 heterocycles. The van der Waals surface area contributed by atoms with Gasteiger partial charge in [-0.15, -0.1) is 0 Å². The molecule has 0 radical (unpaired) electrons. The molecule has 1 aliphatic rings. The van der Waals surface area contributed by atoms with E-state index in [2.05, 4.69) is 23.2 Å². The molecule has 1 N–H and O–H groups in total. The lowest BCUT2D eigenvalue weighted by Gasteiger charge is -2.37. The minimum absolute atomic E-state index is 0.0396. The zero-order valence-corrected chi connectivity index (χ0v) is 16.6. The lowest BCUT2D eigenvalue weighted by Crippen LogP contribution is -2.47. The van der Waals surface area contributed by atoms with Gasteiger partial charge in [0.25, 0.3) is 0 Å². The first-order valence-corrected chi connectivity index (χ1v) is 9.57. The summed E-state index contributed by atoms with van der Waals surface area (Å²) in [5.74, 6) is 0.798. The largest absolute Gasteiger partial charge is 0.485 e. The molecular weight excluding hydrogens is 354 g/mol. The van der Waals surface area contributed by atoms with Gasteiger partial charge >= 0.3 is 0 Å². The number of benzene rings is 2. The predicted octanol–water partition coefficient (Wildman–Crippen LogP) is 2.93. The van der Waals surface area contributed by atoms with Gasteiger partial charge in [0.15, 0.2) is 0 Å². The van der Waals surface area contributed by atoms with E-state index in [1.807, 2.05) is 49.5 Å². The van der Waals surface area contributed by atoms with Crippen LogP contribution in [0.15, 0.2) is 48.5 Å². The Morgan fingerprint density at radius 2 is 1.89 bits per heavy atom. The van der Waals surface area contributed by atoms with Crippen LogP contribution in [0.4, 0.5) is 11.4 Å². The van der Waals surface area contributed by atoms with Crippen molar-refractivity contribution in [3.05, 3.63) is 54.1 Å². The summed E-state index contributed by atoms with van der Waals surface area (Å²) < 4.78 is 6.11. The quantitative estimate of drug-likeness (QED) is 0.836. The molecule has 2 amide bonds. The average Bonchev–Trinajstić information content (AvgIpc) is 2.68. The smallest absolute Gasteiger partial charge is 0.226 e. The lowest BCUT2D eigenvalue weighted by molar-refractivity contribution is -0.130. The molecule has 0 aromatic heterocycles. The normalized spacial score (nSPS) is 15.4. The molecule has 0 unspecified atom stereocenters. The second kappa shape index (κ2) is 8.78. The van der Waals surface area contributed by atoms with Crippen LogP contribution in [0.5, 0.6) is 5.75 Å². The minimum atomic E-state index is -0.112. The first kappa shape index (κ1) is 19.7. The Morgan fingerprint density at radius 1 is 1.18 bits per heavy atom. The Kier molecular flexibility index (Phi) is 6.19. The average molecular weight is 381 g/mol. The van der Waals surface area contributed by atoms with E-state index in [1.165, 1.54) is 6.92 Å². The second-order valence-electron chi connectivity index (χ2n) is 7.08. The number of para-hydroxylation sites is 2. The fraction of sp³-hybridized carbons (Fsp3) is 0.364. The van der Waals surface area contributed by atoms with E-state index in [4.69, 9.17) is 4.74 Å². The van der Waals surface area contributed by atoms with Crippen molar-refractivity contribution in [1.29, 1.82) is 0 Å². The van der Waals surface area contributed by atoms with Gasteiger partial charge in [-0.1, -0.05) is 24.3 Å². The number of carbonyl (C=O) groups is 2. The number of hydrogen-bond acceptors (Lipinski definition) is 4. The van der Waals surface area contributed by atoms with Gasteiger partial charge in [0.2, 0.25) is 11.8 Å². The number of hydrogen-bond donors (Lipinski definition) is 1. The molecule has 0 spiro atoms. The molecule has 6 heteroatoms. The van der Waals surface area contributed by atoms with Crippen molar-refractivity contribution >= 4 is 23.2 Å². The van der Waals surface area contributed by atoms with Crippen molar-refractivity contribution in [3.63, 3.8) is 0 Å². The van der Waals surface area contributed by atoms with Gasteiger partial charge in [-0.2, -0.15) is 0 Å². The highest BCUT2D eigenvalue weighted by Crippen LogP contribution is 2.32. The first-order valence-electron chi connectivity index (χ1n) is 9.57. The monoisotopic (exact) mass is 381 g/mol. The van der Waals surface area contributed by atoms with Crippen molar-refractivity contribution in [3.8, 4) is 5.75 Å². The number of likely N-dealkylation sites (N-methyl/N-ethyl adjacent to an activating group) is 2. The summed E-state index contributed by atoms with van der Waals surface area (Å²) in [7, 11) is 1.81. The first-order chi connectivity index (χ1) is 13.5. The SMILES string of the molecule is CCN1C[C@H](CN(C)C(=O)Cc2ccc(NC(C)=O)cc2)Oc2ccccc21. The van der Waals surface area contributed by atoms with E-state index >= 15 is 0 Å². The molecule has 148 valence electrons. The molecule has 1 atom stereocenters. The van der Waals surface area contributed by atoms with E-state index in [0.717, 1.165) is 35.8 Å². The van der Waals surface area contributed by atoms with Crippen LogP contribution in [0.3, 0.4) is 0 Å². The molecule has 0 fully saturated rings. The predicted molar refractivity (Wildman–Crippen MR) is 111 cm³/mol. The number of rotatable bonds is 6. The summed E-state index contributed by atoms with van der Waals surface area (Å²) >= 11 is 0. The third-order valence-corrected chi connectivity index (χ3v) is 4.84. The molecule has 0 saturated carbocycles. The van der Waals surface area contributed by atoms with Crippen LogP contribution in [0.2, 0.25) is 0 Å². The summed E-state index contributed by atoms with van der Waals surface area (Å²) in [6, 6.07) is 15.4.